The highest BCUT2D eigenvalue weighted by Crippen LogP contribution is 2.71. The Bertz CT molecular complexity index is 651. The minimum atomic E-state index is -0.250. The van der Waals surface area contributed by atoms with Crippen LogP contribution in [0.25, 0.3) is 0 Å². The average molecular weight is 401 g/mol. The summed E-state index contributed by atoms with van der Waals surface area (Å²) in [6.07, 6.45) is 16.2. The summed E-state index contributed by atoms with van der Waals surface area (Å²) in [5.74, 6) is 5.62. The molecule has 2 heteroatoms. The zero-order valence-corrected chi connectivity index (χ0v) is 19.4. The topological polar surface area (TPSA) is 18.5 Å². The van der Waals surface area contributed by atoms with E-state index in [2.05, 4.69) is 27.7 Å². The van der Waals surface area contributed by atoms with Gasteiger partial charge in [-0.1, -0.05) is 40.5 Å². The van der Waals surface area contributed by atoms with E-state index >= 15 is 0 Å². The average Bonchev–Trinajstić information content (AvgIpc) is 3.15. The van der Waals surface area contributed by atoms with Gasteiger partial charge in [-0.25, -0.2) is 0 Å². The second-order valence-electron chi connectivity index (χ2n) is 12.9. The molecule has 0 amide bonds. The molecule has 1 spiro atoms. The maximum atomic E-state index is 6.92. The van der Waals surface area contributed by atoms with Gasteiger partial charge in [-0.3, -0.25) is 0 Å². The molecule has 0 radical (unpaired) electrons. The van der Waals surface area contributed by atoms with Crippen molar-refractivity contribution in [2.75, 3.05) is 6.61 Å². The lowest BCUT2D eigenvalue weighted by molar-refractivity contribution is -0.273. The monoisotopic (exact) mass is 400 g/mol. The van der Waals surface area contributed by atoms with E-state index in [1.165, 1.54) is 64.2 Å². The van der Waals surface area contributed by atoms with E-state index in [0.29, 0.717) is 28.8 Å². The van der Waals surface area contributed by atoms with E-state index in [9.17, 15) is 0 Å². The van der Waals surface area contributed by atoms with Crippen molar-refractivity contribution in [1.82, 2.24) is 0 Å². The summed E-state index contributed by atoms with van der Waals surface area (Å²) in [6, 6.07) is 0. The largest absolute Gasteiger partial charge is 0.349 e. The third kappa shape index (κ3) is 2.54. The molecular weight excluding hydrogens is 356 g/mol. The lowest BCUT2D eigenvalue weighted by atomic mass is 9.44. The standard InChI is InChI=1S/C27H44O2/c1-17-10-14-27(28-16-17)18(2)24-23(29-27)15-22-20-9-8-19-7-5-6-12-25(19,3)21(20)11-13-26(22,24)4/h17-24H,5-16H2,1-4H3/t17-,18-,19?,20+,21-,22-,23-,24-,25-,26-,27+/m0/s1. The highest BCUT2D eigenvalue weighted by atomic mass is 16.7. The Labute approximate surface area is 178 Å². The number of ether oxygens (including phenoxy) is 2. The van der Waals surface area contributed by atoms with Gasteiger partial charge in [0, 0.05) is 12.3 Å². The summed E-state index contributed by atoms with van der Waals surface area (Å²) in [7, 11) is 0. The molecule has 164 valence electrons. The smallest absolute Gasteiger partial charge is 0.171 e. The Morgan fingerprint density at radius 3 is 2.45 bits per heavy atom. The highest BCUT2D eigenvalue weighted by Gasteiger charge is 2.68. The van der Waals surface area contributed by atoms with Crippen LogP contribution in [0.15, 0.2) is 0 Å². The summed E-state index contributed by atoms with van der Waals surface area (Å²) in [4.78, 5) is 0. The first-order valence-corrected chi connectivity index (χ1v) is 13.2. The van der Waals surface area contributed by atoms with E-state index in [4.69, 9.17) is 9.47 Å². The molecule has 2 heterocycles. The third-order valence-electron chi connectivity index (χ3n) is 11.9. The van der Waals surface area contributed by atoms with Crippen LogP contribution in [0.2, 0.25) is 0 Å². The van der Waals surface area contributed by atoms with Crippen LogP contribution >= 0.6 is 0 Å². The Hall–Kier alpha value is -0.0800. The van der Waals surface area contributed by atoms with Crippen molar-refractivity contribution in [1.29, 1.82) is 0 Å². The molecule has 2 nitrogen and oxygen atoms in total. The molecule has 4 saturated carbocycles. The predicted molar refractivity (Wildman–Crippen MR) is 116 cm³/mol. The molecule has 0 aromatic heterocycles. The van der Waals surface area contributed by atoms with Crippen LogP contribution in [-0.4, -0.2) is 18.5 Å². The normalized spacial score (nSPS) is 61.7. The van der Waals surface area contributed by atoms with Crippen LogP contribution < -0.4 is 0 Å². The number of hydrogen-bond donors (Lipinski definition) is 0. The maximum absolute atomic E-state index is 6.92. The van der Waals surface area contributed by atoms with Gasteiger partial charge in [0.2, 0.25) is 0 Å². The molecule has 0 bridgehead atoms. The molecule has 4 aliphatic carbocycles. The summed E-state index contributed by atoms with van der Waals surface area (Å²) >= 11 is 0. The van der Waals surface area contributed by atoms with Crippen molar-refractivity contribution in [3.63, 3.8) is 0 Å². The van der Waals surface area contributed by atoms with Crippen LogP contribution in [0.4, 0.5) is 0 Å². The second-order valence-corrected chi connectivity index (χ2v) is 12.9. The van der Waals surface area contributed by atoms with Gasteiger partial charge >= 0.3 is 0 Å². The fourth-order valence-corrected chi connectivity index (χ4v) is 10.3. The van der Waals surface area contributed by atoms with Gasteiger partial charge in [-0.2, -0.15) is 0 Å². The van der Waals surface area contributed by atoms with Crippen LogP contribution in [0.1, 0.15) is 98.3 Å². The molecule has 2 saturated heterocycles. The van der Waals surface area contributed by atoms with Gasteiger partial charge < -0.3 is 9.47 Å². The lowest BCUT2D eigenvalue weighted by Crippen LogP contribution is -2.54. The third-order valence-corrected chi connectivity index (χ3v) is 11.9. The van der Waals surface area contributed by atoms with Crippen molar-refractivity contribution < 1.29 is 9.47 Å². The minimum absolute atomic E-state index is 0.250. The first-order chi connectivity index (χ1) is 13.9. The van der Waals surface area contributed by atoms with Gasteiger partial charge in [0.15, 0.2) is 5.79 Å². The fraction of sp³-hybridized carbons (Fsp3) is 1.00. The molecule has 1 unspecified atom stereocenters. The second kappa shape index (κ2) is 6.47. The number of rotatable bonds is 0. The lowest BCUT2D eigenvalue weighted by Gasteiger charge is -2.61. The van der Waals surface area contributed by atoms with Gasteiger partial charge in [-0.05, 0) is 97.7 Å². The molecule has 0 aromatic carbocycles. The number of fused-ring (bicyclic) bond motifs is 7. The quantitative estimate of drug-likeness (QED) is 0.444. The Balaban J connectivity index is 1.27. The maximum Gasteiger partial charge on any atom is 0.171 e. The van der Waals surface area contributed by atoms with Gasteiger partial charge in [0.05, 0.1) is 12.7 Å². The SMILES string of the molecule is C[C@H]1CC[C@@]2(OC1)O[C@H]1C[C@H]3[C@@H]4CCC5CCCC[C@]5(C)[C@H]4CC[C@]3(C)[C@H]1[C@@H]2C. The zero-order chi connectivity index (χ0) is 20.0. The molecule has 2 aliphatic heterocycles. The molecule has 6 aliphatic rings. The van der Waals surface area contributed by atoms with Crippen LogP contribution in [-0.2, 0) is 9.47 Å². The van der Waals surface area contributed by atoms with Crippen molar-refractivity contribution in [2.45, 2.75) is 110 Å². The van der Waals surface area contributed by atoms with E-state index in [1.807, 2.05) is 0 Å². The summed E-state index contributed by atoms with van der Waals surface area (Å²) in [5.41, 5.74) is 1.13. The van der Waals surface area contributed by atoms with E-state index < -0.39 is 0 Å². The Morgan fingerprint density at radius 2 is 1.66 bits per heavy atom. The fourth-order valence-electron chi connectivity index (χ4n) is 10.3. The molecule has 29 heavy (non-hydrogen) atoms. The highest BCUT2D eigenvalue weighted by molar-refractivity contribution is 5.15. The van der Waals surface area contributed by atoms with Gasteiger partial charge in [0.25, 0.3) is 0 Å². The van der Waals surface area contributed by atoms with Crippen molar-refractivity contribution in [3.05, 3.63) is 0 Å². The predicted octanol–water partition coefficient (Wildman–Crippen LogP) is 6.82. The molecule has 11 atom stereocenters. The minimum Gasteiger partial charge on any atom is -0.349 e. The first-order valence-electron chi connectivity index (χ1n) is 13.2. The molecule has 6 rings (SSSR count). The first kappa shape index (κ1) is 19.6. The number of hydrogen-bond acceptors (Lipinski definition) is 2. The van der Waals surface area contributed by atoms with E-state index in [0.717, 1.165) is 42.6 Å². The van der Waals surface area contributed by atoms with Gasteiger partial charge in [0.1, 0.15) is 0 Å². The molecule has 6 fully saturated rings. The van der Waals surface area contributed by atoms with Crippen molar-refractivity contribution in [3.8, 4) is 0 Å². The Morgan fingerprint density at radius 1 is 0.793 bits per heavy atom. The molecule has 0 N–H and O–H groups in total. The van der Waals surface area contributed by atoms with E-state index in [-0.39, 0.29) is 5.79 Å². The van der Waals surface area contributed by atoms with E-state index in [1.54, 1.807) is 0 Å². The zero-order valence-electron chi connectivity index (χ0n) is 19.4. The van der Waals surface area contributed by atoms with Crippen molar-refractivity contribution >= 4 is 0 Å². The Kier molecular flexibility index (Phi) is 4.37. The van der Waals surface area contributed by atoms with Crippen LogP contribution in [0.5, 0.6) is 0 Å². The van der Waals surface area contributed by atoms with Crippen molar-refractivity contribution in [2.24, 2.45) is 52.3 Å². The summed E-state index contributed by atoms with van der Waals surface area (Å²) < 4.78 is 13.4. The molecule has 0 aromatic rings. The van der Waals surface area contributed by atoms with Crippen LogP contribution in [0, 0.1) is 52.3 Å². The summed E-state index contributed by atoms with van der Waals surface area (Å²) in [5, 5.41) is 0. The van der Waals surface area contributed by atoms with Crippen LogP contribution in [0.3, 0.4) is 0 Å². The summed E-state index contributed by atoms with van der Waals surface area (Å²) in [6.45, 7) is 11.1. The molecular formula is C27H44O2. The van der Waals surface area contributed by atoms with Gasteiger partial charge in [-0.15, -0.1) is 0 Å².